The number of rotatable bonds is 11. The van der Waals surface area contributed by atoms with E-state index >= 15 is 0 Å². The molecule has 0 spiro atoms. The minimum atomic E-state index is -3.02. The zero-order valence-corrected chi connectivity index (χ0v) is 22.7. The van der Waals surface area contributed by atoms with Gasteiger partial charge in [-0.05, 0) is 0 Å². The highest BCUT2D eigenvalue weighted by Gasteiger charge is 2.60. The largest absolute Gasteiger partial charge is 0.477 e. The molecule has 3 fully saturated rings. The molecule has 3 rings (SSSR count). The summed E-state index contributed by atoms with van der Waals surface area (Å²) in [6.07, 6.45) is -27.8. The van der Waals surface area contributed by atoms with Crippen molar-refractivity contribution in [3.8, 4) is 0 Å². The van der Waals surface area contributed by atoms with Crippen molar-refractivity contribution in [2.75, 3.05) is 19.8 Å². The minimum absolute atomic E-state index is 0.749. The Balaban J connectivity index is 1.94. The number of aliphatic hydroxyl groups excluding tert-OH is 11. The van der Waals surface area contributed by atoms with Crippen molar-refractivity contribution >= 4 is 11.9 Å². The average molecular weight is 634 g/mol. The number of amides is 1. The fraction of sp³-hybridized carbons (Fsp3) is 0.913. The molecule has 0 radical (unpaired) electrons. The Bertz CT molecular complexity index is 942. The maximum absolute atomic E-state index is 12.5. The second-order valence-corrected chi connectivity index (χ2v) is 10.5. The molecule has 16 atom stereocenters. The van der Waals surface area contributed by atoms with Gasteiger partial charge in [0, 0.05) is 13.3 Å². The van der Waals surface area contributed by atoms with Gasteiger partial charge in [0.25, 0.3) is 5.79 Å². The zero-order chi connectivity index (χ0) is 32.4. The Labute approximate surface area is 243 Å². The molecule has 3 aliphatic heterocycles. The van der Waals surface area contributed by atoms with Gasteiger partial charge in [0.15, 0.2) is 12.6 Å². The molecule has 20 nitrogen and oxygen atoms in total. The fourth-order valence-electron chi connectivity index (χ4n) is 5.16. The van der Waals surface area contributed by atoms with Crippen LogP contribution in [-0.4, -0.2) is 191 Å². The van der Waals surface area contributed by atoms with Gasteiger partial charge in [0.2, 0.25) is 5.91 Å². The molecule has 20 heteroatoms. The van der Waals surface area contributed by atoms with Crippen molar-refractivity contribution in [3.05, 3.63) is 0 Å². The number of aliphatic carboxylic acids is 1. The van der Waals surface area contributed by atoms with Crippen LogP contribution >= 0.6 is 0 Å². The molecule has 13 N–H and O–H groups in total. The van der Waals surface area contributed by atoms with Crippen LogP contribution in [0.2, 0.25) is 0 Å². The monoisotopic (exact) mass is 633 g/mol. The van der Waals surface area contributed by atoms with Gasteiger partial charge in [0.1, 0.15) is 67.1 Å². The number of aliphatic hydroxyl groups is 11. The number of carboxylic acid groups (broad SMARTS) is 1. The molecule has 0 aromatic heterocycles. The van der Waals surface area contributed by atoms with Gasteiger partial charge in [-0.1, -0.05) is 0 Å². The lowest BCUT2D eigenvalue weighted by Gasteiger charge is -2.50. The molecule has 43 heavy (non-hydrogen) atoms. The Kier molecular flexibility index (Phi) is 12.1. The fourth-order valence-corrected chi connectivity index (χ4v) is 5.16. The van der Waals surface area contributed by atoms with Crippen molar-refractivity contribution in [1.29, 1.82) is 0 Å². The van der Waals surface area contributed by atoms with E-state index in [4.69, 9.17) is 23.7 Å². The van der Waals surface area contributed by atoms with E-state index in [1.807, 2.05) is 0 Å². The van der Waals surface area contributed by atoms with Gasteiger partial charge in [-0.15, -0.1) is 0 Å². The molecule has 0 bridgehead atoms. The minimum Gasteiger partial charge on any atom is -0.477 e. The lowest BCUT2D eigenvalue weighted by atomic mass is 9.88. The Morgan fingerprint density at radius 2 is 1.53 bits per heavy atom. The molecule has 3 saturated heterocycles. The van der Waals surface area contributed by atoms with Crippen LogP contribution in [0.3, 0.4) is 0 Å². The van der Waals surface area contributed by atoms with Crippen molar-refractivity contribution in [2.24, 2.45) is 0 Å². The van der Waals surface area contributed by atoms with Crippen LogP contribution in [-0.2, 0) is 33.3 Å². The number of carbonyl (C=O) groups is 2. The first-order valence-corrected chi connectivity index (χ1v) is 13.2. The van der Waals surface area contributed by atoms with Crippen molar-refractivity contribution in [2.45, 2.75) is 111 Å². The first-order chi connectivity index (χ1) is 20.1. The predicted octanol–water partition coefficient (Wildman–Crippen LogP) is -8.22. The normalized spacial score (nSPS) is 45.3. The third-order valence-electron chi connectivity index (χ3n) is 7.47. The highest BCUT2D eigenvalue weighted by atomic mass is 16.8. The third kappa shape index (κ3) is 7.41. The summed E-state index contributed by atoms with van der Waals surface area (Å²) in [6, 6.07) is -1.54. The van der Waals surface area contributed by atoms with Crippen LogP contribution in [0.25, 0.3) is 0 Å². The van der Waals surface area contributed by atoms with Crippen LogP contribution in [0.1, 0.15) is 13.3 Å². The summed E-state index contributed by atoms with van der Waals surface area (Å²) in [6.45, 7) is -1.85. The molecule has 6 unspecified atom stereocenters. The number of carboxylic acids is 1. The molecule has 3 aliphatic rings. The summed E-state index contributed by atoms with van der Waals surface area (Å²) in [7, 11) is 0. The summed E-state index contributed by atoms with van der Waals surface area (Å²) in [5.74, 6) is -5.74. The van der Waals surface area contributed by atoms with E-state index in [0.29, 0.717) is 0 Å². The quantitative estimate of drug-likeness (QED) is 0.100. The number of hydrogen-bond acceptors (Lipinski definition) is 18. The highest BCUT2D eigenvalue weighted by Crippen LogP contribution is 2.38. The molecule has 0 aliphatic carbocycles. The second-order valence-electron chi connectivity index (χ2n) is 10.5. The van der Waals surface area contributed by atoms with E-state index in [2.05, 4.69) is 5.32 Å². The van der Waals surface area contributed by atoms with Gasteiger partial charge < -0.3 is 90.3 Å². The second kappa shape index (κ2) is 14.6. The van der Waals surface area contributed by atoms with Crippen LogP contribution in [0.5, 0.6) is 0 Å². The van der Waals surface area contributed by atoms with Crippen LogP contribution < -0.4 is 5.32 Å². The Morgan fingerprint density at radius 1 is 0.907 bits per heavy atom. The standard InChI is InChI=1S/C23H39NO19/c1-6(28)24-11-7(29)2-23(22(37)38,42-18(11)12(31)8(30)3-25)43-19-13(32)9(4-26)40-21(16(19)35)41-17-10(5-27)39-20(36)15(34)14(17)33/h7-21,25-27,29-36H,2-5H2,1H3,(H,24,28)(H,37,38)/t7-,8-,9?,10?,11-,12-,13+,14-,15?,16+,17-,18?,19+,20?,21?,23+/m1/s1. The van der Waals surface area contributed by atoms with E-state index in [9.17, 15) is 70.9 Å². The van der Waals surface area contributed by atoms with E-state index < -0.39 is 136 Å². The molecular formula is C23H39NO19. The van der Waals surface area contributed by atoms with Crippen molar-refractivity contribution in [3.63, 3.8) is 0 Å². The number of hydrogen-bond donors (Lipinski definition) is 13. The number of carbonyl (C=O) groups excluding carboxylic acids is 1. The Morgan fingerprint density at radius 3 is 2.07 bits per heavy atom. The average Bonchev–Trinajstić information content (AvgIpc) is 2.96. The molecule has 3 heterocycles. The van der Waals surface area contributed by atoms with Gasteiger partial charge >= 0.3 is 5.97 Å². The molecule has 0 aromatic carbocycles. The maximum atomic E-state index is 12.5. The summed E-state index contributed by atoms with van der Waals surface area (Å²) in [5.41, 5.74) is 0. The molecule has 250 valence electrons. The van der Waals surface area contributed by atoms with Crippen molar-refractivity contribution < 1.29 is 94.6 Å². The molecule has 0 saturated carbocycles. The van der Waals surface area contributed by atoms with Gasteiger partial charge in [-0.2, -0.15) is 0 Å². The zero-order valence-electron chi connectivity index (χ0n) is 22.7. The van der Waals surface area contributed by atoms with E-state index in [-0.39, 0.29) is 0 Å². The summed E-state index contributed by atoms with van der Waals surface area (Å²) in [4.78, 5) is 24.3. The summed E-state index contributed by atoms with van der Waals surface area (Å²) < 4.78 is 26.8. The lowest BCUT2D eigenvalue weighted by Crippen LogP contribution is -2.70. The van der Waals surface area contributed by atoms with Gasteiger partial charge in [-0.25, -0.2) is 4.79 Å². The summed E-state index contributed by atoms with van der Waals surface area (Å²) in [5, 5.41) is 124. The van der Waals surface area contributed by atoms with E-state index in [1.165, 1.54) is 0 Å². The molecule has 0 aromatic rings. The highest BCUT2D eigenvalue weighted by molar-refractivity contribution is 5.76. The summed E-state index contributed by atoms with van der Waals surface area (Å²) >= 11 is 0. The van der Waals surface area contributed by atoms with Crippen LogP contribution in [0.15, 0.2) is 0 Å². The Hall–Kier alpha value is -1.70. The van der Waals surface area contributed by atoms with E-state index in [1.54, 1.807) is 0 Å². The topological polar surface area (TPSA) is 335 Å². The van der Waals surface area contributed by atoms with Crippen LogP contribution in [0, 0.1) is 0 Å². The number of ether oxygens (including phenoxy) is 5. The first-order valence-electron chi connectivity index (χ1n) is 13.2. The SMILES string of the molecule is CC(=O)N[C@H]1C([C@H](O)[C@H](O)CO)O[C@@](O[C@@H]2[C@H](O)C(O[C@@H]3C(CO)OC(O)C(O)[C@H]3O)OC(CO)[C@@H]2O)(C(=O)O)C[C@H]1O. The molecular weight excluding hydrogens is 594 g/mol. The molecule has 1 amide bonds. The van der Waals surface area contributed by atoms with E-state index in [0.717, 1.165) is 6.92 Å². The lowest BCUT2D eigenvalue weighted by molar-refractivity contribution is -0.385. The predicted molar refractivity (Wildman–Crippen MR) is 130 cm³/mol. The third-order valence-corrected chi connectivity index (χ3v) is 7.47. The van der Waals surface area contributed by atoms with Crippen LogP contribution in [0.4, 0.5) is 0 Å². The van der Waals surface area contributed by atoms with Gasteiger partial charge in [-0.3, -0.25) is 4.79 Å². The number of nitrogens with one attached hydrogen (secondary N) is 1. The van der Waals surface area contributed by atoms with Gasteiger partial charge in [0.05, 0.1) is 32.0 Å². The first kappa shape index (κ1) is 35.8. The van der Waals surface area contributed by atoms with Crippen molar-refractivity contribution in [1.82, 2.24) is 5.32 Å². The smallest absolute Gasteiger partial charge is 0.364 e. The maximum Gasteiger partial charge on any atom is 0.364 e.